The minimum absolute atomic E-state index is 0.420. The molecule has 0 aliphatic carbocycles. The molecule has 1 aliphatic heterocycles. The smallest absolute Gasteiger partial charge is 0.269 e. The monoisotopic (exact) mass is 178 g/mol. The van der Waals surface area contributed by atoms with Crippen molar-refractivity contribution < 1.29 is 4.76 Å². The Balaban J connectivity index is 2.13. The number of benzene rings is 1. The van der Waals surface area contributed by atoms with Crippen LogP contribution in [-0.2, 0) is 0 Å². The summed E-state index contributed by atoms with van der Waals surface area (Å²) in [7, 11) is 0. The SMILES string of the molecule is O=[N+]1CNCN(c2ccccc2)C1. The van der Waals surface area contributed by atoms with Crippen LogP contribution in [0, 0.1) is 4.91 Å². The summed E-state index contributed by atoms with van der Waals surface area (Å²) in [6, 6.07) is 9.91. The predicted octanol–water partition coefficient (Wildman–Crippen LogP) is 0.748. The van der Waals surface area contributed by atoms with Gasteiger partial charge in [0, 0.05) is 15.4 Å². The fraction of sp³-hybridized carbons (Fsp3) is 0.333. The van der Waals surface area contributed by atoms with Crippen molar-refractivity contribution in [2.45, 2.75) is 0 Å². The third kappa shape index (κ3) is 1.84. The number of hydrogen-bond donors (Lipinski definition) is 1. The average Bonchev–Trinajstić information content (AvgIpc) is 2.19. The highest BCUT2D eigenvalue weighted by atomic mass is 16.3. The van der Waals surface area contributed by atoms with E-state index in [1.54, 1.807) is 0 Å². The third-order valence-corrected chi connectivity index (χ3v) is 2.04. The average molecular weight is 178 g/mol. The first-order valence-corrected chi connectivity index (χ1v) is 4.29. The van der Waals surface area contributed by atoms with Gasteiger partial charge in [-0.1, -0.05) is 18.2 Å². The highest BCUT2D eigenvalue weighted by Gasteiger charge is 2.20. The van der Waals surface area contributed by atoms with Crippen LogP contribution in [0.15, 0.2) is 30.3 Å². The summed E-state index contributed by atoms with van der Waals surface area (Å²) in [5.41, 5.74) is 1.08. The number of hydrogen-bond acceptors (Lipinski definition) is 3. The molecule has 4 heteroatoms. The van der Waals surface area contributed by atoms with Crippen molar-refractivity contribution in [3.63, 3.8) is 0 Å². The Bertz CT molecular complexity index is 299. The van der Waals surface area contributed by atoms with Gasteiger partial charge in [0.05, 0.1) is 6.67 Å². The lowest BCUT2D eigenvalue weighted by molar-refractivity contribution is -0.560. The Kier molecular flexibility index (Phi) is 2.23. The first kappa shape index (κ1) is 8.19. The summed E-state index contributed by atoms with van der Waals surface area (Å²) in [5, 5.41) is 3.02. The van der Waals surface area contributed by atoms with Crippen molar-refractivity contribution in [2.24, 2.45) is 0 Å². The van der Waals surface area contributed by atoms with Gasteiger partial charge < -0.3 is 4.90 Å². The van der Waals surface area contributed by atoms with Crippen molar-refractivity contribution in [3.05, 3.63) is 35.2 Å². The van der Waals surface area contributed by atoms with Gasteiger partial charge in [-0.25, -0.2) is 5.32 Å². The molecule has 0 bridgehead atoms. The molecule has 0 saturated carbocycles. The summed E-state index contributed by atoms with van der Waals surface area (Å²) in [6.07, 6.45) is 0. The lowest BCUT2D eigenvalue weighted by Gasteiger charge is -2.23. The Morgan fingerprint density at radius 1 is 1.31 bits per heavy atom. The number of rotatable bonds is 1. The van der Waals surface area contributed by atoms with E-state index in [4.69, 9.17) is 0 Å². The summed E-state index contributed by atoms with van der Waals surface area (Å²) >= 11 is 0. The molecule has 1 aliphatic rings. The predicted molar refractivity (Wildman–Crippen MR) is 50.3 cm³/mol. The first-order valence-electron chi connectivity index (χ1n) is 4.29. The van der Waals surface area contributed by atoms with Crippen LogP contribution in [0.3, 0.4) is 0 Å². The maximum absolute atomic E-state index is 11.1. The van der Waals surface area contributed by atoms with E-state index in [0.717, 1.165) is 17.1 Å². The minimum atomic E-state index is 0.420. The van der Waals surface area contributed by atoms with Crippen LogP contribution < -0.4 is 10.2 Å². The molecule has 1 fully saturated rings. The molecule has 1 aromatic rings. The van der Waals surface area contributed by atoms with Gasteiger partial charge in [0.15, 0.2) is 0 Å². The lowest BCUT2D eigenvalue weighted by Crippen LogP contribution is -2.48. The number of nitrogens with one attached hydrogen (secondary N) is 1. The van der Waals surface area contributed by atoms with E-state index in [0.29, 0.717) is 13.3 Å². The van der Waals surface area contributed by atoms with Crippen LogP contribution in [-0.4, -0.2) is 24.8 Å². The van der Waals surface area contributed by atoms with Crippen molar-refractivity contribution in [1.82, 2.24) is 5.32 Å². The Hall–Kier alpha value is -1.42. The van der Waals surface area contributed by atoms with Gasteiger partial charge in [0.25, 0.3) is 6.67 Å². The molecular formula is C9H12N3O+. The molecule has 0 aromatic heterocycles. The van der Waals surface area contributed by atoms with Crippen LogP contribution in [0.5, 0.6) is 0 Å². The number of nitrogens with zero attached hydrogens (tertiary/aromatic N) is 2. The van der Waals surface area contributed by atoms with Crippen molar-refractivity contribution in [3.8, 4) is 0 Å². The molecule has 0 spiro atoms. The molecule has 0 atom stereocenters. The molecule has 68 valence electrons. The molecule has 1 heterocycles. The molecular weight excluding hydrogens is 166 g/mol. The fourth-order valence-electron chi connectivity index (χ4n) is 1.41. The van der Waals surface area contributed by atoms with E-state index in [1.807, 2.05) is 35.2 Å². The van der Waals surface area contributed by atoms with Crippen molar-refractivity contribution in [2.75, 3.05) is 24.9 Å². The minimum Gasteiger partial charge on any atom is -0.301 e. The van der Waals surface area contributed by atoms with E-state index >= 15 is 0 Å². The van der Waals surface area contributed by atoms with E-state index in [9.17, 15) is 4.91 Å². The number of anilines is 1. The Morgan fingerprint density at radius 2 is 2.08 bits per heavy atom. The fourth-order valence-corrected chi connectivity index (χ4v) is 1.41. The Labute approximate surface area is 76.7 Å². The summed E-state index contributed by atoms with van der Waals surface area (Å²) < 4.78 is 0.997. The number of para-hydroxylation sites is 1. The quantitative estimate of drug-likeness (QED) is 0.644. The van der Waals surface area contributed by atoms with Gasteiger partial charge in [-0.3, -0.25) is 0 Å². The molecule has 0 amide bonds. The highest BCUT2D eigenvalue weighted by molar-refractivity contribution is 5.45. The second-order valence-electron chi connectivity index (χ2n) is 3.06. The van der Waals surface area contributed by atoms with Gasteiger partial charge in [-0.05, 0) is 12.1 Å². The zero-order valence-corrected chi connectivity index (χ0v) is 7.31. The van der Waals surface area contributed by atoms with Gasteiger partial charge in [-0.15, -0.1) is 0 Å². The second kappa shape index (κ2) is 3.53. The van der Waals surface area contributed by atoms with Gasteiger partial charge in [0.2, 0.25) is 6.67 Å². The molecule has 1 saturated heterocycles. The molecule has 0 radical (unpaired) electrons. The summed E-state index contributed by atoms with van der Waals surface area (Å²) in [4.78, 5) is 13.1. The molecule has 2 rings (SSSR count). The molecule has 1 N–H and O–H groups in total. The molecule has 0 unspecified atom stereocenters. The maximum atomic E-state index is 11.1. The largest absolute Gasteiger partial charge is 0.301 e. The van der Waals surface area contributed by atoms with Crippen LogP contribution in [0.25, 0.3) is 0 Å². The van der Waals surface area contributed by atoms with Crippen molar-refractivity contribution >= 4 is 5.69 Å². The van der Waals surface area contributed by atoms with Gasteiger partial charge >= 0.3 is 0 Å². The first-order chi connectivity index (χ1) is 6.36. The summed E-state index contributed by atoms with van der Waals surface area (Å²) in [5.74, 6) is 0. The lowest BCUT2D eigenvalue weighted by atomic mass is 10.3. The van der Waals surface area contributed by atoms with E-state index in [1.165, 1.54) is 0 Å². The molecule has 13 heavy (non-hydrogen) atoms. The number of nitroso groups, excluding NO2 is 1. The van der Waals surface area contributed by atoms with Crippen LogP contribution in [0.4, 0.5) is 5.69 Å². The van der Waals surface area contributed by atoms with Crippen LogP contribution in [0.1, 0.15) is 0 Å². The van der Waals surface area contributed by atoms with Crippen LogP contribution >= 0.6 is 0 Å². The van der Waals surface area contributed by atoms with E-state index in [-0.39, 0.29) is 0 Å². The molecule has 4 nitrogen and oxygen atoms in total. The molecule has 1 aromatic carbocycles. The normalized spacial score (nSPS) is 17.5. The third-order valence-electron chi connectivity index (χ3n) is 2.04. The zero-order valence-electron chi connectivity index (χ0n) is 7.31. The Morgan fingerprint density at radius 3 is 2.77 bits per heavy atom. The highest BCUT2D eigenvalue weighted by Crippen LogP contribution is 2.12. The summed E-state index contributed by atoms with van der Waals surface area (Å²) in [6.45, 7) is 1.60. The van der Waals surface area contributed by atoms with Crippen molar-refractivity contribution in [1.29, 1.82) is 0 Å². The van der Waals surface area contributed by atoms with Gasteiger partial charge in [0.1, 0.15) is 0 Å². The van der Waals surface area contributed by atoms with E-state index in [2.05, 4.69) is 5.32 Å². The van der Waals surface area contributed by atoms with Crippen LogP contribution in [0.2, 0.25) is 0 Å². The standard InChI is InChI=1S/C9H12N3O/c13-12-7-10-6-11(8-12)9-4-2-1-3-5-9/h1-5,10H,6-8H2/q+1. The second-order valence-corrected chi connectivity index (χ2v) is 3.06. The maximum Gasteiger partial charge on any atom is 0.269 e. The topological polar surface area (TPSA) is 35.4 Å². The van der Waals surface area contributed by atoms with E-state index < -0.39 is 0 Å². The van der Waals surface area contributed by atoms with Gasteiger partial charge in [-0.2, -0.15) is 0 Å². The zero-order chi connectivity index (χ0) is 9.10.